The molecule has 2 aromatic heterocycles. The summed E-state index contributed by atoms with van der Waals surface area (Å²) >= 11 is 1.54. The second-order valence-electron chi connectivity index (χ2n) is 8.03. The summed E-state index contributed by atoms with van der Waals surface area (Å²) in [6.45, 7) is 4.64. The lowest BCUT2D eigenvalue weighted by Crippen LogP contribution is -2.03. The molecule has 0 unspecified atom stereocenters. The van der Waals surface area contributed by atoms with Crippen molar-refractivity contribution in [1.29, 1.82) is 0 Å². The van der Waals surface area contributed by atoms with Crippen molar-refractivity contribution in [2.45, 2.75) is 13.8 Å². The van der Waals surface area contributed by atoms with Crippen LogP contribution in [0.4, 0.5) is 5.13 Å². The fourth-order valence-electron chi connectivity index (χ4n) is 4.01. The van der Waals surface area contributed by atoms with E-state index in [9.17, 15) is 0 Å². The van der Waals surface area contributed by atoms with E-state index in [1.54, 1.807) is 14.2 Å². The molecule has 3 aromatic carbocycles. The molecule has 0 aliphatic heterocycles. The standard InChI is InChI=1S/C29H26N2O4S/c1-5-34-20-12-10-19(11-13-20)26-17-24(22-8-6-7-9-25(22)35-26)30-29-31-28(18(2)36-29)23-15-14-21(32-3)16-27(23)33-4/h6-17H,5H2,1-4H3/b30-24+. The van der Waals surface area contributed by atoms with E-state index in [1.165, 1.54) is 11.3 Å². The number of benzene rings is 3. The molecule has 0 aliphatic carbocycles. The summed E-state index contributed by atoms with van der Waals surface area (Å²) in [4.78, 5) is 10.9. The van der Waals surface area contributed by atoms with E-state index in [1.807, 2.05) is 86.6 Å². The van der Waals surface area contributed by atoms with Gasteiger partial charge in [0.1, 0.15) is 28.6 Å². The monoisotopic (exact) mass is 498 g/mol. The molecule has 0 spiro atoms. The zero-order valence-corrected chi connectivity index (χ0v) is 21.4. The largest absolute Gasteiger partial charge is 0.497 e. The minimum Gasteiger partial charge on any atom is -0.497 e. The van der Waals surface area contributed by atoms with E-state index in [2.05, 4.69) is 0 Å². The molecule has 2 heterocycles. The first-order chi connectivity index (χ1) is 17.6. The Bertz CT molecular complexity index is 1590. The fourth-order valence-corrected chi connectivity index (χ4v) is 4.82. The van der Waals surface area contributed by atoms with Crippen molar-refractivity contribution in [3.8, 4) is 39.8 Å². The Balaban J connectivity index is 1.61. The van der Waals surface area contributed by atoms with Crippen molar-refractivity contribution in [2.24, 2.45) is 4.99 Å². The van der Waals surface area contributed by atoms with Gasteiger partial charge in [-0.3, -0.25) is 0 Å². The molecule has 5 rings (SSSR count). The van der Waals surface area contributed by atoms with Crippen LogP contribution in [0, 0.1) is 6.92 Å². The summed E-state index contributed by atoms with van der Waals surface area (Å²) < 4.78 is 22.7. The number of hydrogen-bond donors (Lipinski definition) is 0. The maximum Gasteiger partial charge on any atom is 0.210 e. The highest BCUT2D eigenvalue weighted by atomic mass is 32.1. The summed E-state index contributed by atoms with van der Waals surface area (Å²) in [5.74, 6) is 2.98. The minimum absolute atomic E-state index is 0.625. The van der Waals surface area contributed by atoms with Gasteiger partial charge in [-0.15, -0.1) is 0 Å². The van der Waals surface area contributed by atoms with Gasteiger partial charge in [-0.25, -0.2) is 9.98 Å². The van der Waals surface area contributed by atoms with Crippen LogP contribution < -0.4 is 19.6 Å². The first-order valence-corrected chi connectivity index (χ1v) is 12.4. The van der Waals surface area contributed by atoms with Crippen molar-refractivity contribution in [2.75, 3.05) is 20.8 Å². The molecule has 5 aromatic rings. The summed E-state index contributed by atoms with van der Waals surface area (Å²) in [6, 6.07) is 23.5. The van der Waals surface area contributed by atoms with Crippen molar-refractivity contribution >= 4 is 27.4 Å². The van der Waals surface area contributed by atoms with Gasteiger partial charge in [-0.1, -0.05) is 23.5 Å². The van der Waals surface area contributed by atoms with E-state index in [0.717, 1.165) is 55.3 Å². The highest BCUT2D eigenvalue weighted by Crippen LogP contribution is 2.38. The molecule has 0 radical (unpaired) electrons. The molecular weight excluding hydrogens is 472 g/mol. The van der Waals surface area contributed by atoms with Gasteiger partial charge in [0.25, 0.3) is 0 Å². The van der Waals surface area contributed by atoms with Crippen molar-refractivity contribution in [3.05, 3.63) is 83.0 Å². The normalized spacial score (nSPS) is 11.6. The third kappa shape index (κ3) is 4.70. The number of hydrogen-bond acceptors (Lipinski definition) is 7. The highest BCUT2D eigenvalue weighted by Gasteiger charge is 2.15. The number of thiazole rings is 1. The van der Waals surface area contributed by atoms with Gasteiger partial charge in [0.15, 0.2) is 0 Å². The number of ether oxygens (including phenoxy) is 3. The van der Waals surface area contributed by atoms with Crippen LogP contribution in [0.5, 0.6) is 17.2 Å². The fraction of sp³-hybridized carbons (Fsp3) is 0.172. The Labute approximate surface area is 213 Å². The quantitative estimate of drug-likeness (QED) is 0.238. The van der Waals surface area contributed by atoms with Crippen LogP contribution in [-0.2, 0) is 0 Å². The molecule has 0 aliphatic rings. The topological polar surface area (TPSA) is 66.1 Å². The number of aryl methyl sites for hydroxylation is 1. The Morgan fingerprint density at radius 1 is 0.917 bits per heavy atom. The van der Waals surface area contributed by atoms with Gasteiger partial charge in [0, 0.05) is 33.5 Å². The van der Waals surface area contributed by atoms with Gasteiger partial charge < -0.3 is 18.6 Å². The molecule has 0 bridgehead atoms. The average molecular weight is 499 g/mol. The molecule has 0 saturated carbocycles. The molecule has 7 heteroatoms. The van der Waals surface area contributed by atoms with Crippen LogP contribution in [0.2, 0.25) is 0 Å². The molecule has 0 atom stereocenters. The Morgan fingerprint density at radius 3 is 2.44 bits per heavy atom. The predicted molar refractivity (Wildman–Crippen MR) is 143 cm³/mol. The Morgan fingerprint density at radius 2 is 1.69 bits per heavy atom. The van der Waals surface area contributed by atoms with Gasteiger partial charge in [-0.05, 0) is 62.4 Å². The third-order valence-corrected chi connectivity index (χ3v) is 6.63. The Kier molecular flexibility index (Phi) is 6.73. The van der Waals surface area contributed by atoms with E-state index >= 15 is 0 Å². The number of aromatic nitrogens is 1. The molecular formula is C29H26N2O4S. The van der Waals surface area contributed by atoms with Crippen LogP contribution in [0.15, 0.2) is 82.2 Å². The lowest BCUT2D eigenvalue weighted by molar-refractivity contribution is 0.340. The SMILES string of the molecule is CCOc1ccc(-c2c/c(=N\c3nc(-c4ccc(OC)cc4OC)c(C)s3)c3ccccc3o2)cc1. The van der Waals surface area contributed by atoms with E-state index in [0.29, 0.717) is 17.5 Å². The summed E-state index contributed by atoms with van der Waals surface area (Å²) in [7, 11) is 3.28. The molecule has 0 saturated heterocycles. The lowest BCUT2D eigenvalue weighted by atomic mass is 10.1. The molecule has 0 fully saturated rings. The predicted octanol–water partition coefficient (Wildman–Crippen LogP) is 7.18. The summed E-state index contributed by atoms with van der Waals surface area (Å²) in [5.41, 5.74) is 3.44. The van der Waals surface area contributed by atoms with Crippen molar-refractivity contribution < 1.29 is 18.6 Å². The number of rotatable bonds is 7. The molecule has 6 nitrogen and oxygen atoms in total. The number of nitrogens with zero attached hydrogens (tertiary/aromatic N) is 2. The lowest BCUT2D eigenvalue weighted by Gasteiger charge is -2.09. The van der Waals surface area contributed by atoms with Gasteiger partial charge >= 0.3 is 0 Å². The highest BCUT2D eigenvalue weighted by molar-refractivity contribution is 7.15. The second kappa shape index (κ2) is 10.3. The second-order valence-corrected chi connectivity index (χ2v) is 9.21. The maximum atomic E-state index is 6.23. The molecule has 0 N–H and O–H groups in total. The molecule has 36 heavy (non-hydrogen) atoms. The zero-order valence-electron chi connectivity index (χ0n) is 20.6. The average Bonchev–Trinajstić information content (AvgIpc) is 3.28. The minimum atomic E-state index is 0.625. The van der Waals surface area contributed by atoms with Crippen molar-refractivity contribution in [1.82, 2.24) is 4.98 Å². The molecule has 182 valence electrons. The summed E-state index contributed by atoms with van der Waals surface area (Å²) in [6.07, 6.45) is 0. The maximum absolute atomic E-state index is 6.23. The first kappa shape index (κ1) is 23.6. The van der Waals surface area contributed by atoms with Crippen LogP contribution in [0.25, 0.3) is 33.6 Å². The number of fused-ring (bicyclic) bond motifs is 1. The van der Waals surface area contributed by atoms with Crippen LogP contribution in [0.1, 0.15) is 11.8 Å². The van der Waals surface area contributed by atoms with Crippen molar-refractivity contribution in [3.63, 3.8) is 0 Å². The zero-order chi connectivity index (χ0) is 25.1. The van der Waals surface area contributed by atoms with Gasteiger partial charge in [-0.2, -0.15) is 0 Å². The van der Waals surface area contributed by atoms with Crippen LogP contribution >= 0.6 is 11.3 Å². The van der Waals surface area contributed by atoms with Crippen LogP contribution in [0.3, 0.4) is 0 Å². The number of para-hydroxylation sites is 1. The number of methoxy groups -OCH3 is 2. The van der Waals surface area contributed by atoms with Crippen LogP contribution in [-0.4, -0.2) is 25.8 Å². The smallest absolute Gasteiger partial charge is 0.210 e. The first-order valence-electron chi connectivity index (χ1n) is 11.6. The van der Waals surface area contributed by atoms with E-state index < -0.39 is 0 Å². The summed E-state index contributed by atoms with van der Waals surface area (Å²) in [5, 5.41) is 2.38. The third-order valence-electron chi connectivity index (χ3n) is 5.77. The Hall–Kier alpha value is -4.10. The van der Waals surface area contributed by atoms with E-state index in [-0.39, 0.29) is 0 Å². The van der Waals surface area contributed by atoms with Gasteiger partial charge in [0.2, 0.25) is 5.13 Å². The molecule has 0 amide bonds. The van der Waals surface area contributed by atoms with Gasteiger partial charge in [0.05, 0.1) is 31.9 Å². The van der Waals surface area contributed by atoms with E-state index in [4.69, 9.17) is 28.6 Å².